The number of nitrogens with one attached hydrogen (secondary N) is 1. The van der Waals surface area contributed by atoms with Gasteiger partial charge in [0.2, 0.25) is 11.8 Å². The molecule has 0 aromatic heterocycles. The third kappa shape index (κ3) is 9.53. The van der Waals surface area contributed by atoms with Gasteiger partial charge in [0.15, 0.2) is 0 Å². The lowest BCUT2D eigenvalue weighted by Crippen LogP contribution is -2.51. The van der Waals surface area contributed by atoms with E-state index in [2.05, 4.69) is 35.1 Å². The zero-order chi connectivity index (χ0) is 27.3. The van der Waals surface area contributed by atoms with Crippen LogP contribution in [0.4, 0.5) is 0 Å². The zero-order valence-electron chi connectivity index (χ0n) is 22.4. The number of amides is 2. The molecule has 0 bridgehead atoms. The molecule has 1 atom stereocenters. The molecule has 7 heteroatoms. The van der Waals surface area contributed by atoms with Crippen molar-refractivity contribution in [2.75, 3.05) is 20.3 Å². The molecule has 3 rings (SSSR count). The van der Waals surface area contributed by atoms with E-state index in [1.54, 1.807) is 12.0 Å². The summed E-state index contributed by atoms with van der Waals surface area (Å²) >= 11 is 3.53. The Morgan fingerprint density at radius 3 is 2.26 bits per heavy atom. The molecule has 38 heavy (non-hydrogen) atoms. The van der Waals surface area contributed by atoms with Gasteiger partial charge in [-0.2, -0.15) is 0 Å². The lowest BCUT2D eigenvalue weighted by molar-refractivity contribution is -0.141. The quantitative estimate of drug-likeness (QED) is 0.236. The topological polar surface area (TPSA) is 67.9 Å². The van der Waals surface area contributed by atoms with Crippen molar-refractivity contribution < 1.29 is 19.1 Å². The van der Waals surface area contributed by atoms with Crippen LogP contribution < -0.4 is 14.8 Å². The molecule has 0 fully saturated rings. The van der Waals surface area contributed by atoms with Crippen molar-refractivity contribution in [3.8, 4) is 11.5 Å². The molecule has 0 saturated carbocycles. The van der Waals surface area contributed by atoms with Crippen molar-refractivity contribution >= 4 is 27.7 Å². The maximum Gasteiger partial charge on any atom is 0.243 e. The third-order valence-electron chi connectivity index (χ3n) is 6.06. The monoisotopic (exact) mass is 580 g/mol. The van der Waals surface area contributed by atoms with Gasteiger partial charge in [-0.15, -0.1) is 0 Å². The number of ether oxygens (including phenoxy) is 2. The highest BCUT2D eigenvalue weighted by Gasteiger charge is 2.30. The molecule has 0 heterocycles. The van der Waals surface area contributed by atoms with Crippen LogP contribution in [-0.4, -0.2) is 43.0 Å². The summed E-state index contributed by atoms with van der Waals surface area (Å²) in [5.41, 5.74) is 1.96. The van der Waals surface area contributed by atoms with Crippen molar-refractivity contribution in [3.63, 3.8) is 0 Å². The number of hydrogen-bond donors (Lipinski definition) is 1. The number of benzene rings is 3. The molecule has 202 valence electrons. The van der Waals surface area contributed by atoms with Crippen LogP contribution in [0.1, 0.15) is 37.8 Å². The summed E-state index contributed by atoms with van der Waals surface area (Å²) in [5, 5.41) is 3.06. The Bertz CT molecular complexity index is 1150. The maximum atomic E-state index is 13.7. The summed E-state index contributed by atoms with van der Waals surface area (Å²) in [4.78, 5) is 28.9. The molecular formula is C31H37BrN2O4. The van der Waals surface area contributed by atoms with Crippen LogP contribution in [0.2, 0.25) is 0 Å². The number of carbonyl (C=O) groups excluding carboxylic acids is 2. The Balaban J connectivity index is 1.76. The van der Waals surface area contributed by atoms with E-state index in [9.17, 15) is 9.59 Å². The molecule has 0 unspecified atom stereocenters. The minimum atomic E-state index is -0.634. The molecular weight excluding hydrogens is 544 g/mol. The van der Waals surface area contributed by atoms with Crippen molar-refractivity contribution in [2.24, 2.45) is 5.92 Å². The van der Waals surface area contributed by atoms with Crippen molar-refractivity contribution in [3.05, 3.63) is 94.5 Å². The first kappa shape index (κ1) is 29.2. The number of methoxy groups -OCH3 is 1. The standard InChI is InChI=1S/C31H37BrN2O4/c1-23(2)21-33-31(36)29(20-24-9-5-4-6-10-24)34(22-25-11-7-12-26(32)19-25)30(35)13-8-18-38-28-16-14-27(37-3)15-17-28/h4-7,9-12,14-17,19,23,29H,8,13,18,20-22H2,1-3H3,(H,33,36)/t29-/m0/s1. The maximum absolute atomic E-state index is 13.7. The summed E-state index contributed by atoms with van der Waals surface area (Å²) < 4.78 is 11.9. The fourth-order valence-electron chi connectivity index (χ4n) is 4.04. The second-order valence-corrected chi connectivity index (χ2v) is 10.5. The minimum Gasteiger partial charge on any atom is -0.497 e. The summed E-state index contributed by atoms with van der Waals surface area (Å²) in [5.74, 6) is 1.57. The normalized spacial score (nSPS) is 11.6. The van der Waals surface area contributed by atoms with Crippen molar-refractivity contribution in [1.29, 1.82) is 0 Å². The van der Waals surface area contributed by atoms with Gasteiger partial charge in [0.1, 0.15) is 17.5 Å². The minimum absolute atomic E-state index is 0.0797. The summed E-state index contributed by atoms with van der Waals surface area (Å²) in [6.45, 7) is 5.40. The predicted molar refractivity (Wildman–Crippen MR) is 154 cm³/mol. The van der Waals surface area contributed by atoms with Gasteiger partial charge in [0.25, 0.3) is 0 Å². The van der Waals surface area contributed by atoms with E-state index in [0.717, 1.165) is 27.1 Å². The number of rotatable bonds is 14. The molecule has 3 aromatic rings. The molecule has 6 nitrogen and oxygen atoms in total. The van der Waals surface area contributed by atoms with E-state index in [1.165, 1.54) is 0 Å². The molecule has 0 radical (unpaired) electrons. The van der Waals surface area contributed by atoms with Crippen LogP contribution in [-0.2, 0) is 22.6 Å². The highest BCUT2D eigenvalue weighted by Crippen LogP contribution is 2.20. The van der Waals surface area contributed by atoms with E-state index in [4.69, 9.17) is 9.47 Å². The number of nitrogens with zero attached hydrogens (tertiary/aromatic N) is 1. The summed E-state index contributed by atoms with van der Waals surface area (Å²) in [7, 11) is 1.62. The van der Waals surface area contributed by atoms with Crippen LogP contribution in [0.15, 0.2) is 83.3 Å². The Hall–Kier alpha value is -3.32. The van der Waals surface area contributed by atoms with E-state index >= 15 is 0 Å². The lowest BCUT2D eigenvalue weighted by Gasteiger charge is -2.32. The zero-order valence-corrected chi connectivity index (χ0v) is 23.9. The predicted octanol–water partition coefficient (Wildman–Crippen LogP) is 6.03. The fraction of sp³-hybridized carbons (Fsp3) is 0.355. The Morgan fingerprint density at radius 1 is 0.921 bits per heavy atom. The van der Waals surface area contributed by atoms with E-state index < -0.39 is 6.04 Å². The Labute approximate surface area is 234 Å². The molecule has 0 spiro atoms. The highest BCUT2D eigenvalue weighted by molar-refractivity contribution is 9.10. The summed E-state index contributed by atoms with van der Waals surface area (Å²) in [6, 6.07) is 24.4. The molecule has 0 aliphatic carbocycles. The van der Waals surface area contributed by atoms with Gasteiger partial charge in [0, 0.05) is 30.4 Å². The van der Waals surface area contributed by atoms with Gasteiger partial charge in [-0.25, -0.2) is 0 Å². The number of hydrogen-bond acceptors (Lipinski definition) is 4. The molecule has 0 aliphatic heterocycles. The fourth-order valence-corrected chi connectivity index (χ4v) is 4.48. The summed E-state index contributed by atoms with van der Waals surface area (Å²) in [6.07, 6.45) is 1.24. The Morgan fingerprint density at radius 2 is 1.61 bits per heavy atom. The molecule has 3 aromatic carbocycles. The number of halogens is 1. The average Bonchev–Trinajstić information content (AvgIpc) is 2.92. The number of carbonyl (C=O) groups is 2. The van der Waals surface area contributed by atoms with Gasteiger partial charge < -0.3 is 19.7 Å². The molecule has 2 amide bonds. The first-order valence-electron chi connectivity index (χ1n) is 13.0. The SMILES string of the molecule is COc1ccc(OCCCC(=O)N(Cc2cccc(Br)c2)[C@@H](Cc2ccccc2)C(=O)NCC(C)C)cc1. The van der Waals surface area contributed by atoms with Gasteiger partial charge in [-0.1, -0.05) is 72.2 Å². The van der Waals surface area contributed by atoms with Crippen LogP contribution in [0.5, 0.6) is 11.5 Å². The van der Waals surface area contributed by atoms with Gasteiger partial charge in [-0.3, -0.25) is 9.59 Å². The third-order valence-corrected chi connectivity index (χ3v) is 6.55. The van der Waals surface area contributed by atoms with Crippen LogP contribution in [0.3, 0.4) is 0 Å². The van der Waals surface area contributed by atoms with E-state index in [-0.39, 0.29) is 18.2 Å². The van der Waals surface area contributed by atoms with Crippen LogP contribution in [0, 0.1) is 5.92 Å². The largest absolute Gasteiger partial charge is 0.497 e. The van der Waals surface area contributed by atoms with Crippen LogP contribution >= 0.6 is 15.9 Å². The van der Waals surface area contributed by atoms with Crippen LogP contribution in [0.25, 0.3) is 0 Å². The first-order valence-corrected chi connectivity index (χ1v) is 13.8. The Kier molecular flexibility index (Phi) is 11.7. The highest BCUT2D eigenvalue weighted by atomic mass is 79.9. The van der Waals surface area contributed by atoms with E-state index in [0.29, 0.717) is 38.5 Å². The van der Waals surface area contributed by atoms with Gasteiger partial charge >= 0.3 is 0 Å². The molecule has 0 saturated heterocycles. The molecule has 0 aliphatic rings. The van der Waals surface area contributed by atoms with Crippen molar-refractivity contribution in [2.45, 2.75) is 45.7 Å². The van der Waals surface area contributed by atoms with Crippen molar-refractivity contribution in [1.82, 2.24) is 10.2 Å². The van der Waals surface area contributed by atoms with Gasteiger partial charge in [-0.05, 0) is 59.9 Å². The second kappa shape index (κ2) is 15.2. The lowest BCUT2D eigenvalue weighted by atomic mass is 10.0. The van der Waals surface area contributed by atoms with Gasteiger partial charge in [0.05, 0.1) is 13.7 Å². The first-order chi connectivity index (χ1) is 18.4. The smallest absolute Gasteiger partial charge is 0.243 e. The molecule has 1 N–H and O–H groups in total. The second-order valence-electron chi connectivity index (χ2n) is 9.62. The van der Waals surface area contributed by atoms with E-state index in [1.807, 2.05) is 78.9 Å². The average molecular weight is 582 g/mol.